The molecule has 9 aromatic carbocycles. The van der Waals surface area contributed by atoms with Crippen molar-refractivity contribution >= 4 is 93.5 Å². The van der Waals surface area contributed by atoms with Crippen LogP contribution in [-0.2, 0) is 0 Å². The Kier molecular flexibility index (Phi) is 6.60. The number of hydrogen-bond donors (Lipinski definition) is 0. The molecule has 0 N–H and O–H groups in total. The quantitative estimate of drug-likeness (QED) is 0.178. The van der Waals surface area contributed by atoms with E-state index >= 15 is 0 Å². The van der Waals surface area contributed by atoms with Gasteiger partial charge in [0.25, 0.3) is 0 Å². The van der Waals surface area contributed by atoms with Crippen molar-refractivity contribution in [3.8, 4) is 16.8 Å². The molecule has 3 heterocycles. The third kappa shape index (κ3) is 4.47. The van der Waals surface area contributed by atoms with E-state index in [4.69, 9.17) is 8.83 Å². The molecule has 0 aliphatic heterocycles. The van der Waals surface area contributed by atoms with Crippen LogP contribution in [0.15, 0.2) is 203 Å². The Morgan fingerprint density at radius 3 is 1.75 bits per heavy atom. The van der Waals surface area contributed by atoms with Crippen molar-refractivity contribution in [2.45, 2.75) is 0 Å². The largest absolute Gasteiger partial charge is 0.455 e. The minimum atomic E-state index is 0.838. The molecule has 3 aromatic heterocycles. The predicted molar refractivity (Wildman–Crippen MR) is 233 cm³/mol. The van der Waals surface area contributed by atoms with Crippen LogP contribution in [0.2, 0.25) is 0 Å². The zero-order chi connectivity index (χ0) is 36.7. The highest BCUT2D eigenvalue weighted by molar-refractivity contribution is 6.20. The zero-order valence-electron chi connectivity index (χ0n) is 30.2. The number of furan rings is 2. The Hall–Kier alpha value is -7.56. The predicted octanol–water partition coefficient (Wildman–Crippen LogP) is 14.9. The van der Waals surface area contributed by atoms with E-state index in [1.54, 1.807) is 0 Å². The molecule has 0 bridgehead atoms. The minimum absolute atomic E-state index is 0.838. The van der Waals surface area contributed by atoms with E-state index in [2.05, 4.69) is 185 Å². The monoisotopic (exact) mass is 716 g/mol. The van der Waals surface area contributed by atoms with Crippen LogP contribution < -0.4 is 4.90 Å². The third-order valence-electron chi connectivity index (χ3n) is 11.4. The molecular formula is C52H32N2O2. The van der Waals surface area contributed by atoms with E-state index in [1.807, 2.05) is 18.2 Å². The van der Waals surface area contributed by atoms with Gasteiger partial charge in [0.15, 0.2) is 5.58 Å². The normalized spacial score (nSPS) is 11.9. The summed E-state index contributed by atoms with van der Waals surface area (Å²) in [4.78, 5) is 2.37. The van der Waals surface area contributed by atoms with Crippen LogP contribution in [0.3, 0.4) is 0 Å². The molecule has 262 valence electrons. The van der Waals surface area contributed by atoms with E-state index in [1.165, 1.54) is 27.2 Å². The number of fused-ring (bicyclic) bond motifs is 10. The van der Waals surface area contributed by atoms with Crippen LogP contribution in [0.1, 0.15) is 0 Å². The number of aromatic nitrogens is 1. The highest BCUT2D eigenvalue weighted by Crippen LogP contribution is 2.50. The van der Waals surface area contributed by atoms with E-state index < -0.39 is 0 Å². The van der Waals surface area contributed by atoms with Crippen LogP contribution in [0.25, 0.3) is 93.3 Å². The molecule has 0 unspecified atom stereocenters. The fraction of sp³-hybridized carbons (Fsp3) is 0. The lowest BCUT2D eigenvalue weighted by molar-refractivity contribution is 0.668. The standard InChI is InChI=1S/C52H32N2O2/c1-2-18-36-33(14-1)15-12-26-43(36)54(47-27-13-23-41-40-21-5-9-28-48(40)55-51(41)47)46-31-30-37(52-50(46)42-22-6-10-29-49(42)56-52)34-16-11-17-35(32-34)53-44-24-7-3-19-38(44)39-20-4-8-25-45(39)53/h1-32H. The summed E-state index contributed by atoms with van der Waals surface area (Å²) in [5, 5.41) is 9.07. The molecule has 12 rings (SSSR count). The van der Waals surface area contributed by atoms with E-state index in [9.17, 15) is 0 Å². The highest BCUT2D eigenvalue weighted by atomic mass is 16.3. The van der Waals surface area contributed by atoms with Crippen molar-refractivity contribution in [3.05, 3.63) is 194 Å². The molecule has 0 aliphatic rings. The summed E-state index contributed by atoms with van der Waals surface area (Å²) >= 11 is 0. The third-order valence-corrected chi connectivity index (χ3v) is 11.4. The first kappa shape index (κ1) is 30.9. The molecule has 0 aliphatic carbocycles. The first-order valence-corrected chi connectivity index (χ1v) is 19.0. The fourth-order valence-electron chi connectivity index (χ4n) is 8.94. The van der Waals surface area contributed by atoms with Crippen molar-refractivity contribution in [1.82, 2.24) is 4.57 Å². The summed E-state index contributed by atoms with van der Waals surface area (Å²) in [5.41, 5.74) is 12.0. The van der Waals surface area contributed by atoms with Gasteiger partial charge in [0.05, 0.1) is 33.5 Å². The second-order valence-electron chi connectivity index (χ2n) is 14.4. The smallest absolute Gasteiger partial charge is 0.159 e. The van der Waals surface area contributed by atoms with Gasteiger partial charge in [-0.3, -0.25) is 0 Å². The van der Waals surface area contributed by atoms with Crippen molar-refractivity contribution in [3.63, 3.8) is 0 Å². The van der Waals surface area contributed by atoms with Crippen molar-refractivity contribution in [2.24, 2.45) is 0 Å². The molecule has 0 spiro atoms. The molecule has 56 heavy (non-hydrogen) atoms. The van der Waals surface area contributed by atoms with Gasteiger partial charge in [-0.15, -0.1) is 0 Å². The Balaban J connectivity index is 1.14. The van der Waals surface area contributed by atoms with Gasteiger partial charge in [-0.1, -0.05) is 133 Å². The maximum absolute atomic E-state index is 6.94. The van der Waals surface area contributed by atoms with Crippen molar-refractivity contribution in [1.29, 1.82) is 0 Å². The fourth-order valence-corrected chi connectivity index (χ4v) is 8.94. The molecule has 12 aromatic rings. The Labute approximate surface area is 321 Å². The topological polar surface area (TPSA) is 34.5 Å². The summed E-state index contributed by atoms with van der Waals surface area (Å²) in [7, 11) is 0. The van der Waals surface area contributed by atoms with Crippen LogP contribution >= 0.6 is 0 Å². The maximum atomic E-state index is 6.94. The SMILES string of the molecule is c1cc(-c2ccc(N(c3cccc4ccccc34)c3cccc4c3oc3ccccc34)c3c2oc2ccccc23)cc(-n2c3ccccc3c3ccccc32)c1. The van der Waals surface area contributed by atoms with Gasteiger partial charge in [-0.05, 0) is 71.6 Å². The van der Waals surface area contributed by atoms with Crippen molar-refractivity contribution < 1.29 is 8.83 Å². The Bertz CT molecular complexity index is 3450. The van der Waals surface area contributed by atoms with E-state index in [0.717, 1.165) is 83.1 Å². The molecular weight excluding hydrogens is 685 g/mol. The first-order chi connectivity index (χ1) is 27.8. The number of benzene rings is 9. The summed E-state index contributed by atoms with van der Waals surface area (Å²) < 4.78 is 16.0. The second kappa shape index (κ2) is 12.0. The Morgan fingerprint density at radius 2 is 0.946 bits per heavy atom. The summed E-state index contributed by atoms with van der Waals surface area (Å²) in [5.74, 6) is 0. The first-order valence-electron chi connectivity index (χ1n) is 19.0. The van der Waals surface area contributed by atoms with E-state index in [0.29, 0.717) is 0 Å². The molecule has 0 fully saturated rings. The molecule has 0 radical (unpaired) electrons. The van der Waals surface area contributed by atoms with Crippen LogP contribution in [0, 0.1) is 0 Å². The van der Waals surface area contributed by atoms with E-state index in [-0.39, 0.29) is 0 Å². The van der Waals surface area contributed by atoms with Gasteiger partial charge in [-0.25, -0.2) is 0 Å². The Morgan fingerprint density at radius 1 is 0.375 bits per heavy atom. The van der Waals surface area contributed by atoms with Gasteiger partial charge in [0.2, 0.25) is 0 Å². The number of hydrogen-bond acceptors (Lipinski definition) is 3. The van der Waals surface area contributed by atoms with Gasteiger partial charge in [0.1, 0.15) is 16.7 Å². The van der Waals surface area contributed by atoms with Crippen molar-refractivity contribution in [2.75, 3.05) is 4.90 Å². The number of nitrogens with zero attached hydrogens (tertiary/aromatic N) is 2. The second-order valence-corrected chi connectivity index (χ2v) is 14.4. The lowest BCUT2D eigenvalue weighted by atomic mass is 9.98. The van der Waals surface area contributed by atoms with Gasteiger partial charge in [0, 0.05) is 43.6 Å². The van der Waals surface area contributed by atoms with Gasteiger partial charge in [-0.2, -0.15) is 0 Å². The van der Waals surface area contributed by atoms with Gasteiger partial charge >= 0.3 is 0 Å². The average molecular weight is 717 g/mol. The molecule has 0 atom stereocenters. The van der Waals surface area contributed by atoms with Gasteiger partial charge < -0.3 is 18.3 Å². The number of rotatable bonds is 5. The summed E-state index contributed by atoms with van der Waals surface area (Å²) in [6.45, 7) is 0. The molecule has 0 saturated heterocycles. The number of para-hydroxylation sites is 5. The average Bonchev–Trinajstić information content (AvgIpc) is 3.95. The molecule has 4 nitrogen and oxygen atoms in total. The summed E-state index contributed by atoms with van der Waals surface area (Å²) in [6.07, 6.45) is 0. The molecule has 0 amide bonds. The zero-order valence-corrected chi connectivity index (χ0v) is 30.2. The summed E-state index contributed by atoms with van der Waals surface area (Å²) in [6, 6.07) is 68.9. The molecule has 4 heteroatoms. The molecule has 0 saturated carbocycles. The van der Waals surface area contributed by atoms with Crippen LogP contribution in [0.4, 0.5) is 17.1 Å². The highest BCUT2D eigenvalue weighted by Gasteiger charge is 2.26. The maximum Gasteiger partial charge on any atom is 0.159 e. The lowest BCUT2D eigenvalue weighted by Gasteiger charge is -2.28. The lowest BCUT2D eigenvalue weighted by Crippen LogP contribution is -2.11. The number of anilines is 3. The van der Waals surface area contributed by atoms with Crippen LogP contribution in [-0.4, -0.2) is 4.57 Å². The van der Waals surface area contributed by atoms with Crippen LogP contribution in [0.5, 0.6) is 0 Å². The minimum Gasteiger partial charge on any atom is -0.455 e.